The first-order valence-electron chi connectivity index (χ1n) is 7.04. The first-order chi connectivity index (χ1) is 9.99. The Kier molecular flexibility index (Phi) is 4.70. The summed E-state index contributed by atoms with van der Waals surface area (Å²) in [6, 6.07) is 13.1. The van der Waals surface area contributed by atoms with Crippen LogP contribution in [-0.2, 0) is 4.79 Å². The first kappa shape index (κ1) is 15.2. The lowest BCUT2D eigenvalue weighted by molar-refractivity contribution is -0.120. The Morgan fingerprint density at radius 3 is 2.43 bits per heavy atom. The number of benzene rings is 1. The smallest absolute Gasteiger partial charge is 0.229 e. The summed E-state index contributed by atoms with van der Waals surface area (Å²) in [5.41, 5.74) is 9.61. The predicted octanol–water partition coefficient (Wildman–Crippen LogP) is 2.97. The second-order valence-corrected chi connectivity index (χ2v) is 5.30. The van der Waals surface area contributed by atoms with E-state index in [0.29, 0.717) is 0 Å². The van der Waals surface area contributed by atoms with Crippen LogP contribution in [0, 0.1) is 19.8 Å². The van der Waals surface area contributed by atoms with Gasteiger partial charge in [-0.25, -0.2) is 0 Å². The minimum absolute atomic E-state index is 0.0971. The Morgan fingerprint density at radius 2 is 1.81 bits per heavy atom. The summed E-state index contributed by atoms with van der Waals surface area (Å²) in [5, 5.41) is 2.91. The molecule has 0 fully saturated rings. The van der Waals surface area contributed by atoms with Crippen LogP contribution in [-0.4, -0.2) is 10.9 Å². The van der Waals surface area contributed by atoms with Gasteiger partial charge in [-0.05, 0) is 31.5 Å². The number of hydrogen-bond donors (Lipinski definition) is 2. The molecule has 21 heavy (non-hydrogen) atoms. The highest BCUT2D eigenvalue weighted by molar-refractivity contribution is 5.93. The third-order valence-corrected chi connectivity index (χ3v) is 3.62. The summed E-state index contributed by atoms with van der Waals surface area (Å²) in [6.45, 7) is 5.64. The third kappa shape index (κ3) is 3.67. The number of nitrogens with zero attached hydrogens (tertiary/aromatic N) is 1. The molecule has 0 bridgehead atoms. The summed E-state index contributed by atoms with van der Waals surface area (Å²) in [7, 11) is 0. The molecule has 0 saturated carbocycles. The number of amides is 1. The average Bonchev–Trinajstić information content (AvgIpc) is 2.49. The number of aromatic nitrogens is 1. The van der Waals surface area contributed by atoms with Crippen LogP contribution in [0.25, 0.3) is 0 Å². The van der Waals surface area contributed by atoms with Gasteiger partial charge in [0.25, 0.3) is 0 Å². The molecule has 4 heteroatoms. The van der Waals surface area contributed by atoms with E-state index in [1.807, 2.05) is 63.2 Å². The maximum atomic E-state index is 12.3. The van der Waals surface area contributed by atoms with Crippen molar-refractivity contribution in [3.8, 4) is 0 Å². The molecule has 1 amide bonds. The normalized spacial score (nSPS) is 13.5. The number of pyridine rings is 1. The standard InChI is InChI=1S/C17H21N3O/c1-11-9-10-15(13(3)19-11)20-17(21)12(2)16(18)14-7-5-4-6-8-14/h4-10,12,16H,18H2,1-3H3,(H,20,21). The molecule has 2 rings (SSSR count). The quantitative estimate of drug-likeness (QED) is 0.906. The van der Waals surface area contributed by atoms with Gasteiger partial charge in [0.05, 0.1) is 17.3 Å². The number of carbonyl (C=O) groups is 1. The molecule has 2 unspecified atom stereocenters. The maximum absolute atomic E-state index is 12.3. The lowest BCUT2D eigenvalue weighted by atomic mass is 9.94. The molecule has 1 heterocycles. The Bertz CT molecular complexity index is 625. The van der Waals surface area contributed by atoms with Gasteiger partial charge in [-0.2, -0.15) is 0 Å². The van der Waals surface area contributed by atoms with Crippen molar-refractivity contribution in [2.75, 3.05) is 5.32 Å². The number of carbonyl (C=O) groups excluding carboxylic acids is 1. The fraction of sp³-hybridized carbons (Fsp3) is 0.294. The third-order valence-electron chi connectivity index (χ3n) is 3.62. The van der Waals surface area contributed by atoms with Crippen LogP contribution < -0.4 is 11.1 Å². The molecular formula is C17H21N3O. The van der Waals surface area contributed by atoms with Crippen LogP contribution in [0.15, 0.2) is 42.5 Å². The van der Waals surface area contributed by atoms with E-state index < -0.39 is 0 Å². The number of hydrogen-bond acceptors (Lipinski definition) is 3. The number of rotatable bonds is 4. The predicted molar refractivity (Wildman–Crippen MR) is 84.9 cm³/mol. The highest BCUT2D eigenvalue weighted by Crippen LogP contribution is 2.21. The minimum Gasteiger partial charge on any atom is -0.324 e. The van der Waals surface area contributed by atoms with Crippen molar-refractivity contribution in [2.45, 2.75) is 26.8 Å². The fourth-order valence-corrected chi connectivity index (χ4v) is 2.19. The van der Waals surface area contributed by atoms with Gasteiger partial charge in [0.1, 0.15) is 0 Å². The SMILES string of the molecule is Cc1ccc(NC(=O)C(C)C(N)c2ccccc2)c(C)n1. The van der Waals surface area contributed by atoms with E-state index in [4.69, 9.17) is 5.73 Å². The van der Waals surface area contributed by atoms with E-state index in [9.17, 15) is 4.79 Å². The molecule has 2 atom stereocenters. The van der Waals surface area contributed by atoms with Crippen LogP contribution in [0.4, 0.5) is 5.69 Å². The Balaban J connectivity index is 2.09. The van der Waals surface area contributed by atoms with Gasteiger partial charge in [-0.1, -0.05) is 37.3 Å². The van der Waals surface area contributed by atoms with E-state index in [-0.39, 0.29) is 17.9 Å². The summed E-state index contributed by atoms with van der Waals surface area (Å²) in [4.78, 5) is 16.7. The first-order valence-corrected chi connectivity index (χ1v) is 7.04. The number of nitrogens with one attached hydrogen (secondary N) is 1. The summed E-state index contributed by atoms with van der Waals surface area (Å²) < 4.78 is 0. The van der Waals surface area contributed by atoms with Crippen LogP contribution >= 0.6 is 0 Å². The van der Waals surface area contributed by atoms with Crippen molar-refractivity contribution in [3.05, 3.63) is 59.4 Å². The van der Waals surface area contributed by atoms with E-state index in [0.717, 1.165) is 22.6 Å². The van der Waals surface area contributed by atoms with Crippen LogP contribution in [0.1, 0.15) is 29.9 Å². The number of aryl methyl sites for hydroxylation is 2. The highest BCUT2D eigenvalue weighted by Gasteiger charge is 2.22. The van der Waals surface area contributed by atoms with Gasteiger partial charge in [-0.3, -0.25) is 9.78 Å². The van der Waals surface area contributed by atoms with E-state index >= 15 is 0 Å². The molecule has 3 N–H and O–H groups in total. The molecule has 0 spiro atoms. The van der Waals surface area contributed by atoms with Gasteiger partial charge < -0.3 is 11.1 Å². The molecule has 1 aromatic carbocycles. The zero-order chi connectivity index (χ0) is 15.4. The molecule has 0 aliphatic carbocycles. The zero-order valence-electron chi connectivity index (χ0n) is 12.6. The van der Waals surface area contributed by atoms with E-state index in [1.54, 1.807) is 0 Å². The van der Waals surface area contributed by atoms with Crippen molar-refractivity contribution in [1.82, 2.24) is 4.98 Å². The van der Waals surface area contributed by atoms with Crippen molar-refractivity contribution >= 4 is 11.6 Å². The molecule has 0 saturated heterocycles. The Hall–Kier alpha value is -2.20. The Labute approximate surface area is 125 Å². The van der Waals surface area contributed by atoms with Gasteiger partial charge in [-0.15, -0.1) is 0 Å². The monoisotopic (exact) mass is 283 g/mol. The second kappa shape index (κ2) is 6.50. The van der Waals surface area contributed by atoms with E-state index in [1.165, 1.54) is 0 Å². The molecule has 1 aromatic heterocycles. The lowest BCUT2D eigenvalue weighted by Gasteiger charge is -2.20. The molecule has 2 aromatic rings. The van der Waals surface area contributed by atoms with Crippen LogP contribution in [0.5, 0.6) is 0 Å². The zero-order valence-corrected chi connectivity index (χ0v) is 12.6. The van der Waals surface area contributed by atoms with Crippen molar-refractivity contribution in [3.63, 3.8) is 0 Å². The Morgan fingerprint density at radius 1 is 1.14 bits per heavy atom. The molecule has 4 nitrogen and oxygen atoms in total. The van der Waals surface area contributed by atoms with Crippen molar-refractivity contribution in [2.24, 2.45) is 11.7 Å². The second-order valence-electron chi connectivity index (χ2n) is 5.30. The fourth-order valence-electron chi connectivity index (χ4n) is 2.19. The largest absolute Gasteiger partial charge is 0.324 e. The topological polar surface area (TPSA) is 68.0 Å². The van der Waals surface area contributed by atoms with Gasteiger partial charge in [0, 0.05) is 11.7 Å². The van der Waals surface area contributed by atoms with Gasteiger partial charge >= 0.3 is 0 Å². The molecule has 0 radical (unpaired) electrons. The number of nitrogens with two attached hydrogens (primary N) is 1. The highest BCUT2D eigenvalue weighted by atomic mass is 16.1. The summed E-state index contributed by atoms with van der Waals surface area (Å²) in [6.07, 6.45) is 0. The van der Waals surface area contributed by atoms with Gasteiger partial charge in [0.15, 0.2) is 0 Å². The average molecular weight is 283 g/mol. The molecule has 0 aliphatic heterocycles. The van der Waals surface area contributed by atoms with Crippen molar-refractivity contribution < 1.29 is 4.79 Å². The molecular weight excluding hydrogens is 262 g/mol. The van der Waals surface area contributed by atoms with Crippen LogP contribution in [0.3, 0.4) is 0 Å². The van der Waals surface area contributed by atoms with Gasteiger partial charge in [0.2, 0.25) is 5.91 Å². The molecule has 110 valence electrons. The minimum atomic E-state index is -0.329. The summed E-state index contributed by atoms with van der Waals surface area (Å²) in [5.74, 6) is -0.423. The van der Waals surface area contributed by atoms with Crippen LogP contribution in [0.2, 0.25) is 0 Å². The van der Waals surface area contributed by atoms with Crippen molar-refractivity contribution in [1.29, 1.82) is 0 Å². The number of anilines is 1. The van der Waals surface area contributed by atoms with E-state index in [2.05, 4.69) is 10.3 Å². The lowest BCUT2D eigenvalue weighted by Crippen LogP contribution is -2.30. The summed E-state index contributed by atoms with van der Waals surface area (Å²) >= 11 is 0. The molecule has 0 aliphatic rings. The maximum Gasteiger partial charge on any atom is 0.229 e.